The highest BCUT2D eigenvalue weighted by Crippen LogP contribution is 2.47. The fraction of sp³-hybridized carbons (Fsp3) is 0.0833. The van der Waals surface area contributed by atoms with Gasteiger partial charge < -0.3 is 4.57 Å². The Morgan fingerprint density at radius 2 is 0.878 bits per heavy atom. The molecule has 0 bridgehead atoms. The first kappa shape index (κ1) is 28.1. The molecule has 1 nitrogen and oxygen atoms in total. The second-order valence-electron chi connectivity index (χ2n) is 14.5. The molecule has 232 valence electrons. The van der Waals surface area contributed by atoms with Gasteiger partial charge in [0.25, 0.3) is 0 Å². The number of aromatic nitrogens is 1. The summed E-state index contributed by atoms with van der Waals surface area (Å²) in [6.45, 7) is 6.89. The zero-order valence-corrected chi connectivity index (χ0v) is 28.0. The van der Waals surface area contributed by atoms with Crippen LogP contribution in [0.4, 0.5) is 0 Å². The molecule has 1 heterocycles. The van der Waals surface area contributed by atoms with Gasteiger partial charge in [-0.05, 0) is 89.1 Å². The van der Waals surface area contributed by atoms with Crippen LogP contribution in [0.2, 0.25) is 0 Å². The molecule has 0 atom stereocenters. The average molecular weight is 626 g/mol. The maximum absolute atomic E-state index is 2.46. The largest absolute Gasteiger partial charge is 0.309 e. The molecule has 10 aromatic rings. The summed E-state index contributed by atoms with van der Waals surface area (Å²) in [7, 11) is 0. The first-order valence-corrected chi connectivity index (χ1v) is 17.3. The number of hydrogen-bond donors (Lipinski definition) is 0. The molecule has 9 aromatic carbocycles. The van der Waals surface area contributed by atoms with E-state index in [0.29, 0.717) is 0 Å². The van der Waals surface area contributed by atoms with Gasteiger partial charge in [-0.25, -0.2) is 0 Å². The highest BCUT2D eigenvalue weighted by Gasteiger charge is 2.21. The Labute approximate surface area is 286 Å². The number of nitrogens with zero attached hydrogens (tertiary/aromatic N) is 1. The summed E-state index contributed by atoms with van der Waals surface area (Å²) >= 11 is 0. The molecule has 10 rings (SSSR count). The van der Waals surface area contributed by atoms with Gasteiger partial charge in [-0.3, -0.25) is 0 Å². The fourth-order valence-corrected chi connectivity index (χ4v) is 8.41. The molecule has 0 aliphatic carbocycles. The fourth-order valence-electron chi connectivity index (χ4n) is 8.41. The predicted molar refractivity (Wildman–Crippen MR) is 212 cm³/mol. The molecule has 0 aliphatic heterocycles. The second-order valence-corrected chi connectivity index (χ2v) is 14.5. The smallest absolute Gasteiger partial charge is 0.0541 e. The third-order valence-corrected chi connectivity index (χ3v) is 10.7. The van der Waals surface area contributed by atoms with Gasteiger partial charge in [0.05, 0.1) is 16.7 Å². The minimum atomic E-state index is 0.0580. The molecule has 0 amide bonds. The molecule has 0 aliphatic rings. The number of hydrogen-bond acceptors (Lipinski definition) is 0. The lowest BCUT2D eigenvalue weighted by Gasteiger charge is -2.23. The van der Waals surface area contributed by atoms with Gasteiger partial charge in [0.15, 0.2) is 0 Å². The number of para-hydroxylation sites is 2. The van der Waals surface area contributed by atoms with Crippen molar-refractivity contribution in [1.29, 1.82) is 0 Å². The summed E-state index contributed by atoms with van der Waals surface area (Å²) in [6.07, 6.45) is 0. The summed E-state index contributed by atoms with van der Waals surface area (Å²) in [4.78, 5) is 0. The first-order valence-electron chi connectivity index (χ1n) is 17.3. The Kier molecular flexibility index (Phi) is 5.91. The summed E-state index contributed by atoms with van der Waals surface area (Å²) in [5, 5.41) is 13.0. The van der Waals surface area contributed by atoms with Crippen LogP contribution < -0.4 is 0 Å². The van der Waals surface area contributed by atoms with E-state index in [9.17, 15) is 0 Å². The Hall–Kier alpha value is -5.92. The normalized spacial score (nSPS) is 12.4. The van der Waals surface area contributed by atoms with Crippen LogP contribution in [0.5, 0.6) is 0 Å². The van der Waals surface area contributed by atoms with Crippen molar-refractivity contribution in [2.45, 2.75) is 26.2 Å². The Morgan fingerprint density at radius 1 is 0.367 bits per heavy atom. The van der Waals surface area contributed by atoms with Crippen LogP contribution >= 0.6 is 0 Å². The topological polar surface area (TPSA) is 4.93 Å². The van der Waals surface area contributed by atoms with Crippen molar-refractivity contribution < 1.29 is 0 Å². The maximum atomic E-state index is 2.46. The van der Waals surface area contributed by atoms with E-state index >= 15 is 0 Å². The lowest BCUT2D eigenvalue weighted by atomic mass is 9.81. The van der Waals surface area contributed by atoms with Crippen molar-refractivity contribution in [3.05, 3.63) is 163 Å². The van der Waals surface area contributed by atoms with E-state index in [1.807, 2.05) is 0 Å². The average Bonchev–Trinajstić information content (AvgIpc) is 3.47. The highest BCUT2D eigenvalue weighted by molar-refractivity contribution is 6.35. The lowest BCUT2D eigenvalue weighted by Crippen LogP contribution is -2.11. The monoisotopic (exact) mass is 625 g/mol. The molecule has 0 N–H and O–H groups in total. The van der Waals surface area contributed by atoms with E-state index in [2.05, 4.69) is 183 Å². The van der Waals surface area contributed by atoms with Crippen LogP contribution in [0.3, 0.4) is 0 Å². The first-order chi connectivity index (χ1) is 24.0. The van der Waals surface area contributed by atoms with Crippen LogP contribution in [0, 0.1) is 0 Å². The van der Waals surface area contributed by atoms with Gasteiger partial charge in [-0.2, -0.15) is 0 Å². The van der Waals surface area contributed by atoms with Crippen molar-refractivity contribution >= 4 is 64.9 Å². The van der Waals surface area contributed by atoms with Crippen molar-refractivity contribution in [3.63, 3.8) is 0 Å². The molecular weight excluding hydrogens is 591 g/mol. The summed E-state index contributed by atoms with van der Waals surface area (Å²) in [5.74, 6) is 0. The van der Waals surface area contributed by atoms with Crippen LogP contribution in [0.15, 0.2) is 158 Å². The van der Waals surface area contributed by atoms with Crippen LogP contribution in [-0.2, 0) is 5.41 Å². The van der Waals surface area contributed by atoms with E-state index in [1.165, 1.54) is 98.4 Å². The third kappa shape index (κ3) is 4.06. The molecule has 0 spiro atoms. The van der Waals surface area contributed by atoms with Crippen LogP contribution in [-0.4, -0.2) is 4.57 Å². The summed E-state index contributed by atoms with van der Waals surface area (Å²) in [6, 6.07) is 58.7. The quantitative estimate of drug-likeness (QED) is 0.136. The van der Waals surface area contributed by atoms with Crippen LogP contribution in [0.1, 0.15) is 26.3 Å². The van der Waals surface area contributed by atoms with E-state index in [-0.39, 0.29) is 5.41 Å². The summed E-state index contributed by atoms with van der Waals surface area (Å²) in [5.41, 5.74) is 10.2. The highest BCUT2D eigenvalue weighted by atomic mass is 15.0. The lowest BCUT2D eigenvalue weighted by molar-refractivity contribution is 0.590. The molecule has 49 heavy (non-hydrogen) atoms. The van der Waals surface area contributed by atoms with Crippen molar-refractivity contribution in [2.24, 2.45) is 0 Å². The Balaban J connectivity index is 1.28. The molecular formula is C48H35N. The van der Waals surface area contributed by atoms with Gasteiger partial charge in [0.1, 0.15) is 0 Å². The molecule has 0 saturated heterocycles. The van der Waals surface area contributed by atoms with Crippen molar-refractivity contribution in [1.82, 2.24) is 4.57 Å². The molecule has 0 unspecified atom stereocenters. The molecule has 0 radical (unpaired) electrons. The van der Waals surface area contributed by atoms with Gasteiger partial charge in [-0.15, -0.1) is 0 Å². The number of rotatable bonds is 3. The minimum absolute atomic E-state index is 0.0580. The van der Waals surface area contributed by atoms with Crippen LogP contribution in [0.25, 0.3) is 92.8 Å². The Morgan fingerprint density at radius 3 is 1.55 bits per heavy atom. The number of fused-ring (bicyclic) bond motifs is 5. The van der Waals surface area contributed by atoms with Gasteiger partial charge in [-0.1, -0.05) is 160 Å². The third-order valence-electron chi connectivity index (χ3n) is 10.7. The van der Waals surface area contributed by atoms with E-state index in [0.717, 1.165) is 0 Å². The predicted octanol–water partition coefficient (Wildman–Crippen LogP) is 13.5. The van der Waals surface area contributed by atoms with Crippen molar-refractivity contribution in [3.8, 4) is 27.9 Å². The molecule has 1 aromatic heterocycles. The molecule has 0 saturated carbocycles. The SMILES string of the molecule is CC(C)(C)c1ccc(-c2ccc3c4ccc(-n5c6ccccc6c6ccccc65)c5cccc(c6cccc2c63)c54)c(-c2ccccc2)c1. The van der Waals surface area contributed by atoms with E-state index < -0.39 is 0 Å². The number of benzene rings is 9. The maximum Gasteiger partial charge on any atom is 0.0541 e. The van der Waals surface area contributed by atoms with E-state index in [1.54, 1.807) is 0 Å². The van der Waals surface area contributed by atoms with E-state index in [4.69, 9.17) is 0 Å². The van der Waals surface area contributed by atoms with Gasteiger partial charge in [0.2, 0.25) is 0 Å². The standard InChI is InChI=1S/C48H35N/c1-48(2,3)31-23-24-33(42(29-31)30-13-5-4-6-14-30)32-25-26-39-40-27-28-45(49-43-21-9-7-15-34(43)35-16-8-10-22-44(35)49)41-20-12-19-38(47(40)41)37-18-11-17-36(32)46(37)39/h4-29H,1-3H3. The molecule has 1 heteroatoms. The van der Waals surface area contributed by atoms with Gasteiger partial charge in [0, 0.05) is 16.2 Å². The molecule has 0 fully saturated rings. The zero-order chi connectivity index (χ0) is 32.9. The zero-order valence-electron chi connectivity index (χ0n) is 28.0. The van der Waals surface area contributed by atoms with Gasteiger partial charge >= 0.3 is 0 Å². The second kappa shape index (κ2) is 10.3. The Bertz CT molecular complexity index is 2830. The van der Waals surface area contributed by atoms with Crippen molar-refractivity contribution in [2.75, 3.05) is 0 Å². The summed E-state index contributed by atoms with van der Waals surface area (Å²) < 4.78 is 2.46. The minimum Gasteiger partial charge on any atom is -0.309 e.